The molecule has 1 aliphatic heterocycles. The topological polar surface area (TPSA) is 98.3 Å². The first-order valence-corrected chi connectivity index (χ1v) is 6.20. The van der Waals surface area contributed by atoms with E-state index in [1.807, 2.05) is 0 Å². The standard InChI is InChI=1S/C8H12N4O3S/c13-8-5-11-16(14,15)12(8)3-1-2-7-4-9-6-10-7/h4-6,11,13H,1-3H2,(H,9,10). The minimum absolute atomic E-state index is 0.233. The molecule has 0 amide bonds. The highest BCUT2D eigenvalue weighted by Crippen LogP contribution is 2.14. The summed E-state index contributed by atoms with van der Waals surface area (Å²) in [5.41, 5.74) is 0.938. The summed E-state index contributed by atoms with van der Waals surface area (Å²) in [6.45, 7) is 0.233. The van der Waals surface area contributed by atoms with Crippen LogP contribution in [-0.4, -0.2) is 34.3 Å². The molecule has 8 heteroatoms. The molecule has 1 aromatic rings. The fraction of sp³-hybridized carbons (Fsp3) is 0.375. The second-order valence-corrected chi connectivity index (χ2v) is 5.00. The van der Waals surface area contributed by atoms with E-state index < -0.39 is 10.2 Å². The average Bonchev–Trinajstić information content (AvgIpc) is 2.81. The Hall–Kier alpha value is -1.70. The third-order valence-corrected chi connectivity index (χ3v) is 3.61. The number of nitrogens with zero attached hydrogens (tertiary/aromatic N) is 2. The Kier molecular flexibility index (Phi) is 2.73. The molecular formula is C8H12N4O3S. The van der Waals surface area contributed by atoms with Gasteiger partial charge in [-0.3, -0.25) is 4.72 Å². The first kappa shape index (κ1) is 10.8. The first-order valence-electron chi connectivity index (χ1n) is 4.76. The molecule has 0 bridgehead atoms. The van der Waals surface area contributed by atoms with Gasteiger partial charge in [-0.2, -0.15) is 8.42 Å². The Morgan fingerprint density at radius 1 is 1.50 bits per heavy atom. The van der Waals surface area contributed by atoms with Gasteiger partial charge in [-0.25, -0.2) is 9.29 Å². The highest BCUT2D eigenvalue weighted by molar-refractivity contribution is 7.87. The monoisotopic (exact) mass is 244 g/mol. The SMILES string of the molecule is O=S1(=O)NC=C(O)N1CCCc1cnc[nH]1. The van der Waals surface area contributed by atoms with Crippen molar-refractivity contribution < 1.29 is 13.5 Å². The first-order chi connectivity index (χ1) is 7.59. The van der Waals surface area contributed by atoms with Gasteiger partial charge >= 0.3 is 10.2 Å². The number of hydrogen-bond donors (Lipinski definition) is 3. The van der Waals surface area contributed by atoms with Crippen molar-refractivity contribution >= 4 is 10.2 Å². The Bertz CT molecular complexity index is 479. The summed E-state index contributed by atoms with van der Waals surface area (Å²) < 4.78 is 25.7. The Balaban J connectivity index is 1.88. The smallest absolute Gasteiger partial charge is 0.326 e. The van der Waals surface area contributed by atoms with Gasteiger partial charge in [0.2, 0.25) is 5.88 Å². The van der Waals surface area contributed by atoms with Gasteiger partial charge in [-0.15, -0.1) is 0 Å². The molecule has 0 saturated heterocycles. The maximum atomic E-state index is 11.3. The summed E-state index contributed by atoms with van der Waals surface area (Å²) >= 11 is 0. The number of aliphatic hydroxyl groups excluding tert-OH is 1. The van der Waals surface area contributed by atoms with E-state index >= 15 is 0 Å². The molecule has 0 unspecified atom stereocenters. The number of aromatic amines is 1. The number of imidazole rings is 1. The third-order valence-electron chi connectivity index (χ3n) is 2.24. The van der Waals surface area contributed by atoms with Gasteiger partial charge in [0.05, 0.1) is 12.5 Å². The molecule has 0 spiro atoms. The van der Waals surface area contributed by atoms with Gasteiger partial charge in [0.1, 0.15) is 0 Å². The maximum Gasteiger partial charge on any atom is 0.326 e. The summed E-state index contributed by atoms with van der Waals surface area (Å²) in [5.74, 6) is -0.274. The molecule has 2 rings (SSSR count). The van der Waals surface area contributed by atoms with Crippen molar-refractivity contribution in [2.24, 2.45) is 0 Å². The van der Waals surface area contributed by atoms with Crippen LogP contribution in [0.4, 0.5) is 0 Å². The normalized spacial score (nSPS) is 18.2. The number of hydrogen-bond acceptors (Lipinski definition) is 4. The van der Waals surface area contributed by atoms with E-state index in [0.29, 0.717) is 12.8 Å². The van der Waals surface area contributed by atoms with Gasteiger partial charge in [-0.05, 0) is 12.8 Å². The van der Waals surface area contributed by atoms with Crippen LogP contribution < -0.4 is 4.72 Å². The van der Waals surface area contributed by atoms with Gasteiger partial charge in [0.15, 0.2) is 0 Å². The van der Waals surface area contributed by atoms with Crippen molar-refractivity contribution in [3.05, 3.63) is 30.3 Å². The lowest BCUT2D eigenvalue weighted by Crippen LogP contribution is -2.32. The quantitative estimate of drug-likeness (QED) is 0.686. The van der Waals surface area contributed by atoms with Crippen LogP contribution in [-0.2, 0) is 16.6 Å². The van der Waals surface area contributed by atoms with Gasteiger partial charge in [0.25, 0.3) is 0 Å². The van der Waals surface area contributed by atoms with E-state index in [0.717, 1.165) is 16.2 Å². The van der Waals surface area contributed by atoms with E-state index in [-0.39, 0.29) is 12.4 Å². The summed E-state index contributed by atoms with van der Waals surface area (Å²) in [7, 11) is -3.56. The zero-order valence-electron chi connectivity index (χ0n) is 8.42. The number of aryl methyl sites for hydroxylation is 1. The largest absolute Gasteiger partial charge is 0.493 e. The predicted octanol–water partition coefficient (Wildman–Crippen LogP) is -0.151. The molecule has 1 aliphatic rings. The molecule has 88 valence electrons. The van der Waals surface area contributed by atoms with Crippen molar-refractivity contribution in [1.29, 1.82) is 0 Å². The average molecular weight is 244 g/mol. The van der Waals surface area contributed by atoms with Gasteiger partial charge in [-0.1, -0.05) is 0 Å². The van der Waals surface area contributed by atoms with Crippen LogP contribution in [0.1, 0.15) is 12.1 Å². The molecular weight excluding hydrogens is 232 g/mol. The van der Waals surface area contributed by atoms with Crippen molar-refractivity contribution in [3.63, 3.8) is 0 Å². The number of aromatic nitrogens is 2. The lowest BCUT2D eigenvalue weighted by atomic mass is 10.2. The molecule has 0 atom stereocenters. The Morgan fingerprint density at radius 3 is 2.88 bits per heavy atom. The highest BCUT2D eigenvalue weighted by atomic mass is 32.2. The molecule has 1 aromatic heterocycles. The minimum atomic E-state index is -3.56. The molecule has 0 aliphatic carbocycles. The van der Waals surface area contributed by atoms with Crippen molar-refractivity contribution in [3.8, 4) is 0 Å². The van der Waals surface area contributed by atoms with E-state index in [1.54, 1.807) is 12.5 Å². The molecule has 0 radical (unpaired) electrons. The van der Waals surface area contributed by atoms with Gasteiger partial charge < -0.3 is 10.1 Å². The Morgan fingerprint density at radius 2 is 2.31 bits per heavy atom. The van der Waals surface area contributed by atoms with Crippen LogP contribution >= 0.6 is 0 Å². The number of rotatable bonds is 4. The van der Waals surface area contributed by atoms with Crippen molar-refractivity contribution in [2.45, 2.75) is 12.8 Å². The molecule has 0 fully saturated rings. The molecule has 16 heavy (non-hydrogen) atoms. The molecule has 0 aromatic carbocycles. The maximum absolute atomic E-state index is 11.3. The summed E-state index contributed by atoms with van der Waals surface area (Å²) in [6.07, 6.45) is 5.60. The van der Waals surface area contributed by atoms with Crippen molar-refractivity contribution in [2.75, 3.05) is 6.54 Å². The van der Waals surface area contributed by atoms with E-state index in [1.165, 1.54) is 0 Å². The Labute approximate surface area is 93.0 Å². The zero-order valence-corrected chi connectivity index (χ0v) is 9.24. The van der Waals surface area contributed by atoms with Crippen LogP contribution in [0, 0.1) is 0 Å². The van der Waals surface area contributed by atoms with E-state index in [2.05, 4.69) is 14.7 Å². The predicted molar refractivity (Wildman–Crippen MR) is 56.4 cm³/mol. The molecule has 3 N–H and O–H groups in total. The molecule has 7 nitrogen and oxygen atoms in total. The molecule has 2 heterocycles. The lowest BCUT2D eigenvalue weighted by molar-refractivity contribution is 0.286. The highest BCUT2D eigenvalue weighted by Gasteiger charge is 2.28. The van der Waals surface area contributed by atoms with E-state index in [4.69, 9.17) is 0 Å². The fourth-order valence-corrected chi connectivity index (χ4v) is 2.51. The second kappa shape index (κ2) is 4.05. The number of nitrogens with one attached hydrogen (secondary N) is 2. The van der Waals surface area contributed by atoms with Crippen LogP contribution in [0.25, 0.3) is 0 Å². The fourth-order valence-electron chi connectivity index (χ4n) is 1.46. The van der Waals surface area contributed by atoms with Crippen LogP contribution in [0.5, 0.6) is 0 Å². The van der Waals surface area contributed by atoms with Crippen LogP contribution in [0.2, 0.25) is 0 Å². The summed E-state index contributed by atoms with van der Waals surface area (Å²) in [4.78, 5) is 6.78. The lowest BCUT2D eigenvalue weighted by Gasteiger charge is -2.15. The number of aliphatic hydroxyl groups is 1. The van der Waals surface area contributed by atoms with Crippen LogP contribution in [0.3, 0.4) is 0 Å². The third kappa shape index (κ3) is 2.11. The van der Waals surface area contributed by atoms with Crippen molar-refractivity contribution in [1.82, 2.24) is 19.0 Å². The van der Waals surface area contributed by atoms with Gasteiger partial charge in [0, 0.05) is 18.4 Å². The van der Waals surface area contributed by atoms with E-state index in [9.17, 15) is 13.5 Å². The molecule has 0 saturated carbocycles. The second-order valence-electron chi connectivity index (χ2n) is 3.38. The number of H-pyrrole nitrogens is 1. The summed E-state index contributed by atoms with van der Waals surface area (Å²) in [5, 5.41) is 9.31. The zero-order chi connectivity index (χ0) is 11.6. The van der Waals surface area contributed by atoms with Crippen LogP contribution in [0.15, 0.2) is 24.6 Å². The minimum Gasteiger partial charge on any atom is -0.493 e. The summed E-state index contributed by atoms with van der Waals surface area (Å²) in [6, 6.07) is 0.